The molecule has 2 aromatic rings. The molecule has 1 aliphatic rings. The Morgan fingerprint density at radius 3 is 2.85 bits per heavy atom. The third-order valence-corrected chi connectivity index (χ3v) is 5.34. The molecule has 3 rings (SSSR count). The molecule has 1 aliphatic heterocycles. The number of hydrogen-bond donors (Lipinski definition) is 1. The normalized spacial score (nSPS) is 17.1. The van der Waals surface area contributed by atoms with Gasteiger partial charge in [0.2, 0.25) is 5.91 Å². The van der Waals surface area contributed by atoms with Crippen molar-refractivity contribution in [1.82, 2.24) is 19.9 Å². The molecule has 1 N–H and O–H groups in total. The van der Waals surface area contributed by atoms with E-state index in [-0.39, 0.29) is 11.8 Å². The fourth-order valence-corrected chi connectivity index (χ4v) is 3.71. The van der Waals surface area contributed by atoms with Crippen molar-refractivity contribution in [3.05, 3.63) is 41.0 Å². The highest BCUT2D eigenvalue weighted by Gasteiger charge is 2.25. The highest BCUT2D eigenvalue weighted by atomic mass is 16.5. The van der Waals surface area contributed by atoms with Crippen LogP contribution in [0.15, 0.2) is 22.9 Å². The average molecular weight is 372 g/mol. The third kappa shape index (κ3) is 4.59. The van der Waals surface area contributed by atoms with Gasteiger partial charge in [0.15, 0.2) is 0 Å². The van der Waals surface area contributed by atoms with Crippen LogP contribution in [-0.4, -0.2) is 46.1 Å². The van der Waals surface area contributed by atoms with E-state index in [9.17, 15) is 9.59 Å². The summed E-state index contributed by atoms with van der Waals surface area (Å²) in [6.07, 6.45) is 4.93. The van der Waals surface area contributed by atoms with E-state index in [1.165, 1.54) is 0 Å². The van der Waals surface area contributed by atoms with Crippen molar-refractivity contribution in [2.24, 2.45) is 13.0 Å². The number of hydrogen-bond acceptors (Lipinski definition) is 4. The monoisotopic (exact) mass is 372 g/mol. The van der Waals surface area contributed by atoms with Gasteiger partial charge in [-0.2, -0.15) is 0 Å². The zero-order chi connectivity index (χ0) is 19.4. The van der Waals surface area contributed by atoms with Crippen LogP contribution >= 0.6 is 0 Å². The number of piperidine rings is 1. The number of aryl methyl sites for hydroxylation is 3. The van der Waals surface area contributed by atoms with Crippen LogP contribution < -0.4 is 5.32 Å². The maximum absolute atomic E-state index is 12.7. The molecule has 1 fully saturated rings. The molecular weight excluding hydrogens is 344 g/mol. The number of carbonyl (C=O) groups is 2. The minimum atomic E-state index is 0.0286. The summed E-state index contributed by atoms with van der Waals surface area (Å²) < 4.78 is 6.98. The molecule has 1 saturated heterocycles. The third-order valence-electron chi connectivity index (χ3n) is 5.34. The molecule has 0 bridgehead atoms. The number of amides is 2. The van der Waals surface area contributed by atoms with E-state index in [0.29, 0.717) is 37.5 Å². The molecule has 1 unspecified atom stereocenters. The summed E-state index contributed by atoms with van der Waals surface area (Å²) in [5.41, 5.74) is 2.57. The van der Waals surface area contributed by atoms with Crippen molar-refractivity contribution in [3.63, 3.8) is 0 Å². The molecule has 0 radical (unpaired) electrons. The van der Waals surface area contributed by atoms with Gasteiger partial charge in [0, 0.05) is 44.9 Å². The molecule has 0 aliphatic carbocycles. The van der Waals surface area contributed by atoms with Gasteiger partial charge in [0.25, 0.3) is 5.91 Å². The topological polar surface area (TPSA) is 80.4 Å². The molecule has 27 heavy (non-hydrogen) atoms. The Labute approximate surface area is 159 Å². The van der Waals surface area contributed by atoms with E-state index in [2.05, 4.69) is 10.5 Å². The van der Waals surface area contributed by atoms with Gasteiger partial charge in [-0.05, 0) is 51.2 Å². The fourth-order valence-electron chi connectivity index (χ4n) is 3.71. The second-order valence-corrected chi connectivity index (χ2v) is 7.37. The molecule has 7 nitrogen and oxygen atoms in total. The van der Waals surface area contributed by atoms with Gasteiger partial charge >= 0.3 is 0 Å². The first-order valence-electron chi connectivity index (χ1n) is 9.54. The van der Waals surface area contributed by atoms with Gasteiger partial charge in [-0.1, -0.05) is 5.16 Å². The van der Waals surface area contributed by atoms with E-state index >= 15 is 0 Å². The van der Waals surface area contributed by atoms with E-state index < -0.39 is 0 Å². The summed E-state index contributed by atoms with van der Waals surface area (Å²) in [5, 5.41) is 6.95. The lowest BCUT2D eigenvalue weighted by Crippen LogP contribution is -2.44. The Morgan fingerprint density at radius 1 is 1.37 bits per heavy atom. The Kier molecular flexibility index (Phi) is 5.98. The summed E-state index contributed by atoms with van der Waals surface area (Å²) in [5.74, 6) is 1.17. The summed E-state index contributed by atoms with van der Waals surface area (Å²) >= 11 is 0. The van der Waals surface area contributed by atoms with Crippen LogP contribution in [0.2, 0.25) is 0 Å². The highest BCUT2D eigenvalue weighted by Crippen LogP contribution is 2.19. The van der Waals surface area contributed by atoms with E-state index in [1.54, 1.807) is 0 Å². The van der Waals surface area contributed by atoms with Crippen molar-refractivity contribution >= 4 is 11.8 Å². The molecule has 0 aromatic carbocycles. The maximum Gasteiger partial charge on any atom is 0.270 e. The minimum Gasteiger partial charge on any atom is -0.361 e. The summed E-state index contributed by atoms with van der Waals surface area (Å²) in [6, 6.07) is 3.73. The quantitative estimate of drug-likeness (QED) is 0.843. The first kappa shape index (κ1) is 19.2. The number of rotatable bonds is 6. The zero-order valence-corrected chi connectivity index (χ0v) is 16.3. The van der Waals surface area contributed by atoms with Crippen LogP contribution in [0.4, 0.5) is 0 Å². The first-order chi connectivity index (χ1) is 13.0. The molecule has 7 heteroatoms. The van der Waals surface area contributed by atoms with Gasteiger partial charge in [-0.15, -0.1) is 0 Å². The van der Waals surface area contributed by atoms with Gasteiger partial charge in [-0.3, -0.25) is 9.59 Å². The number of aromatic nitrogens is 2. The predicted molar refractivity (Wildman–Crippen MR) is 101 cm³/mol. The number of likely N-dealkylation sites (tertiary alicyclic amines) is 1. The lowest BCUT2D eigenvalue weighted by Gasteiger charge is -2.33. The van der Waals surface area contributed by atoms with E-state index in [1.807, 2.05) is 48.7 Å². The van der Waals surface area contributed by atoms with Gasteiger partial charge in [0.05, 0.1) is 5.69 Å². The van der Waals surface area contributed by atoms with Crippen molar-refractivity contribution in [3.8, 4) is 0 Å². The smallest absolute Gasteiger partial charge is 0.270 e. The van der Waals surface area contributed by atoms with Crippen LogP contribution in [0.3, 0.4) is 0 Å². The standard InChI is InChI=1S/C20H28N4O3/c1-14-17(15(2)27-22-14)8-9-19(25)21-12-16-6-4-11-24(13-16)20(26)18-7-5-10-23(18)3/h5,7,10,16H,4,6,8-9,11-13H2,1-3H3,(H,21,25). The van der Waals surface area contributed by atoms with Crippen LogP contribution in [0.1, 0.15) is 46.8 Å². The highest BCUT2D eigenvalue weighted by molar-refractivity contribution is 5.92. The van der Waals surface area contributed by atoms with Crippen molar-refractivity contribution in [2.75, 3.05) is 19.6 Å². The molecule has 3 heterocycles. The molecule has 1 atom stereocenters. The molecule has 0 spiro atoms. The van der Waals surface area contributed by atoms with Crippen LogP contribution in [0, 0.1) is 19.8 Å². The zero-order valence-electron chi connectivity index (χ0n) is 16.3. The second kappa shape index (κ2) is 8.41. The summed E-state index contributed by atoms with van der Waals surface area (Å²) in [4.78, 5) is 26.8. The predicted octanol–water partition coefficient (Wildman–Crippen LogP) is 2.23. The molecule has 2 aromatic heterocycles. The maximum atomic E-state index is 12.7. The molecule has 146 valence electrons. The van der Waals surface area contributed by atoms with E-state index in [0.717, 1.165) is 36.4 Å². The van der Waals surface area contributed by atoms with Gasteiger partial charge < -0.3 is 19.3 Å². The molecule has 0 saturated carbocycles. The SMILES string of the molecule is Cc1noc(C)c1CCC(=O)NCC1CCCN(C(=O)c2cccn2C)C1. The van der Waals surface area contributed by atoms with Gasteiger partial charge in [-0.25, -0.2) is 0 Å². The van der Waals surface area contributed by atoms with Crippen molar-refractivity contribution < 1.29 is 14.1 Å². The Morgan fingerprint density at radius 2 is 2.19 bits per heavy atom. The van der Waals surface area contributed by atoms with Crippen LogP contribution in [0.25, 0.3) is 0 Å². The minimum absolute atomic E-state index is 0.0286. The second-order valence-electron chi connectivity index (χ2n) is 7.37. The Balaban J connectivity index is 1.46. The van der Waals surface area contributed by atoms with Crippen LogP contribution in [-0.2, 0) is 18.3 Å². The average Bonchev–Trinajstić information content (AvgIpc) is 3.23. The van der Waals surface area contributed by atoms with E-state index in [4.69, 9.17) is 4.52 Å². The van der Waals surface area contributed by atoms with Crippen molar-refractivity contribution in [2.45, 2.75) is 39.5 Å². The number of nitrogens with one attached hydrogen (secondary N) is 1. The fraction of sp³-hybridized carbons (Fsp3) is 0.550. The Hall–Kier alpha value is -2.57. The summed E-state index contributed by atoms with van der Waals surface area (Å²) in [6.45, 7) is 5.84. The Bertz CT molecular complexity index is 789. The summed E-state index contributed by atoms with van der Waals surface area (Å²) in [7, 11) is 1.88. The molecule has 2 amide bonds. The lowest BCUT2D eigenvalue weighted by atomic mass is 9.97. The lowest BCUT2D eigenvalue weighted by molar-refractivity contribution is -0.121. The largest absolute Gasteiger partial charge is 0.361 e. The van der Waals surface area contributed by atoms with Crippen LogP contribution in [0.5, 0.6) is 0 Å². The molecular formula is C20H28N4O3. The number of nitrogens with zero attached hydrogens (tertiary/aromatic N) is 3. The van der Waals surface area contributed by atoms with Crippen molar-refractivity contribution in [1.29, 1.82) is 0 Å². The first-order valence-corrected chi connectivity index (χ1v) is 9.54. The van der Waals surface area contributed by atoms with Gasteiger partial charge in [0.1, 0.15) is 11.5 Å². The number of carbonyl (C=O) groups excluding carboxylic acids is 2.